The Bertz CT molecular complexity index is 667. The zero-order valence-corrected chi connectivity index (χ0v) is 29.3. The Kier molecular flexibility index (Phi) is 26.6. The monoisotopic (exact) mass is 626 g/mol. The van der Waals surface area contributed by atoms with Gasteiger partial charge in [-0.2, -0.15) is 0 Å². The number of aliphatic carboxylic acids is 3. The molecule has 0 aromatic rings. The smallest absolute Gasteiger partial charge is 0.306 e. The van der Waals surface area contributed by atoms with E-state index in [9.17, 15) is 29.7 Å². The maximum atomic E-state index is 11.5. The van der Waals surface area contributed by atoms with Gasteiger partial charge < -0.3 is 24.6 Å². The molecule has 44 heavy (non-hydrogen) atoms. The SMILES string of the molecule is CCCCCCCCCCCCCCCCCCCCCC[N+](CCC(C)C(=O)[O-])(CCC(C)C(=O)O)CCC(C)C(=O)O. The molecule has 7 nitrogen and oxygen atoms in total. The van der Waals surface area contributed by atoms with E-state index in [1.54, 1.807) is 20.8 Å². The molecule has 0 radical (unpaired) electrons. The maximum absolute atomic E-state index is 11.5. The third kappa shape index (κ3) is 23.7. The van der Waals surface area contributed by atoms with Gasteiger partial charge in [-0.05, 0) is 12.8 Å². The highest BCUT2D eigenvalue weighted by atomic mass is 16.4. The third-order valence-corrected chi connectivity index (χ3v) is 9.84. The summed E-state index contributed by atoms with van der Waals surface area (Å²) in [6.45, 7) is 10.0. The van der Waals surface area contributed by atoms with Gasteiger partial charge in [0.25, 0.3) is 0 Å². The van der Waals surface area contributed by atoms with Crippen molar-refractivity contribution in [3.8, 4) is 0 Å². The summed E-state index contributed by atoms with van der Waals surface area (Å²) in [7, 11) is 0. The molecule has 0 spiro atoms. The summed E-state index contributed by atoms with van der Waals surface area (Å²) >= 11 is 0. The van der Waals surface area contributed by atoms with Crippen molar-refractivity contribution in [2.75, 3.05) is 26.2 Å². The minimum Gasteiger partial charge on any atom is -0.550 e. The predicted octanol–water partition coefficient (Wildman–Crippen LogP) is 8.62. The zero-order chi connectivity index (χ0) is 33.1. The summed E-state index contributed by atoms with van der Waals surface area (Å²) in [5.41, 5.74) is 0. The van der Waals surface area contributed by atoms with Gasteiger partial charge in [0.15, 0.2) is 0 Å². The molecule has 0 aromatic heterocycles. The van der Waals surface area contributed by atoms with E-state index in [4.69, 9.17) is 0 Å². The second-order valence-corrected chi connectivity index (χ2v) is 14.0. The third-order valence-electron chi connectivity index (χ3n) is 9.84. The van der Waals surface area contributed by atoms with Crippen LogP contribution >= 0.6 is 0 Å². The molecule has 0 bridgehead atoms. The van der Waals surface area contributed by atoms with Gasteiger partial charge in [0.2, 0.25) is 0 Å². The summed E-state index contributed by atoms with van der Waals surface area (Å²) in [6.07, 6.45) is 28.0. The van der Waals surface area contributed by atoms with Crippen LogP contribution in [0.2, 0.25) is 0 Å². The molecule has 0 fully saturated rings. The minimum absolute atomic E-state index is 0.449. The van der Waals surface area contributed by atoms with Crippen molar-refractivity contribution < 1.29 is 34.2 Å². The molecule has 0 aliphatic heterocycles. The van der Waals surface area contributed by atoms with Gasteiger partial charge in [0.05, 0.1) is 38.0 Å². The van der Waals surface area contributed by atoms with Gasteiger partial charge in [-0.1, -0.05) is 143 Å². The highest BCUT2D eigenvalue weighted by Crippen LogP contribution is 2.22. The fourth-order valence-electron chi connectivity index (χ4n) is 6.14. The Morgan fingerprint density at radius 2 is 0.750 bits per heavy atom. The molecule has 3 unspecified atom stereocenters. The lowest BCUT2D eigenvalue weighted by atomic mass is 10.0. The molecule has 0 aliphatic carbocycles. The van der Waals surface area contributed by atoms with E-state index < -0.39 is 35.7 Å². The molecule has 7 heteroatoms. The standard InChI is InChI=1S/C37H71NO6/c1-5-6-7-8-9-10-11-12-13-14-15-16-17-18-19-20-21-22-23-24-28-38(29-25-32(2)35(39)40,30-26-33(3)36(41)42)31-27-34(4)37(43)44/h32-34H,5-31H2,1-4H3,(H2-,39,40,41,42,43,44). The minimum atomic E-state index is -1.07. The number of nitrogens with zero attached hydrogens (tertiary/aromatic N) is 1. The first kappa shape index (κ1) is 42.4. The second-order valence-electron chi connectivity index (χ2n) is 14.0. The van der Waals surface area contributed by atoms with Crippen LogP contribution in [0.4, 0.5) is 0 Å². The number of rotatable bonds is 33. The summed E-state index contributed by atoms with van der Waals surface area (Å²) in [6, 6.07) is 0. The lowest BCUT2D eigenvalue weighted by Crippen LogP contribution is -2.52. The molecule has 3 atom stereocenters. The van der Waals surface area contributed by atoms with Crippen LogP contribution < -0.4 is 5.11 Å². The lowest BCUT2D eigenvalue weighted by Gasteiger charge is -2.41. The summed E-state index contributed by atoms with van der Waals surface area (Å²) in [5, 5.41) is 30.3. The van der Waals surface area contributed by atoms with E-state index in [2.05, 4.69) is 6.92 Å². The average Bonchev–Trinajstić information content (AvgIpc) is 2.99. The van der Waals surface area contributed by atoms with Crippen molar-refractivity contribution >= 4 is 17.9 Å². The van der Waals surface area contributed by atoms with Gasteiger partial charge in [-0.15, -0.1) is 0 Å². The van der Waals surface area contributed by atoms with Gasteiger partial charge in [-0.25, -0.2) is 0 Å². The molecule has 0 saturated carbocycles. The van der Waals surface area contributed by atoms with Crippen molar-refractivity contribution in [1.82, 2.24) is 0 Å². The zero-order valence-electron chi connectivity index (χ0n) is 29.3. The van der Waals surface area contributed by atoms with Crippen molar-refractivity contribution in [3.63, 3.8) is 0 Å². The van der Waals surface area contributed by atoms with Crippen LogP contribution in [0.15, 0.2) is 0 Å². The van der Waals surface area contributed by atoms with E-state index >= 15 is 0 Å². The largest absolute Gasteiger partial charge is 0.550 e. The summed E-state index contributed by atoms with van der Waals surface area (Å²) in [5.74, 6) is -4.29. The van der Waals surface area contributed by atoms with E-state index in [0.29, 0.717) is 43.4 Å². The summed E-state index contributed by atoms with van der Waals surface area (Å²) in [4.78, 5) is 34.4. The van der Waals surface area contributed by atoms with Crippen LogP contribution in [0.1, 0.15) is 175 Å². The lowest BCUT2D eigenvalue weighted by molar-refractivity contribution is -0.929. The van der Waals surface area contributed by atoms with E-state index in [-0.39, 0.29) is 0 Å². The number of carboxylic acid groups (broad SMARTS) is 3. The van der Waals surface area contributed by atoms with Gasteiger partial charge in [0, 0.05) is 31.1 Å². The number of unbranched alkanes of at least 4 members (excludes halogenated alkanes) is 19. The molecule has 2 N–H and O–H groups in total. The highest BCUT2D eigenvalue weighted by molar-refractivity contribution is 5.69. The van der Waals surface area contributed by atoms with Crippen LogP contribution in [0.3, 0.4) is 0 Å². The molecule has 0 aliphatic rings. The normalized spacial score (nSPS) is 15.0. The van der Waals surface area contributed by atoms with Crippen LogP contribution in [0.5, 0.6) is 0 Å². The van der Waals surface area contributed by atoms with Crippen LogP contribution in [0.25, 0.3) is 0 Å². The number of quaternary nitrogens is 1. The Hall–Kier alpha value is -1.63. The highest BCUT2D eigenvalue weighted by Gasteiger charge is 2.30. The number of carboxylic acids is 3. The fraction of sp³-hybridized carbons (Fsp3) is 0.919. The van der Waals surface area contributed by atoms with Gasteiger partial charge in [0.1, 0.15) is 0 Å². The Labute approximate surface area is 271 Å². The second kappa shape index (κ2) is 27.7. The Morgan fingerprint density at radius 1 is 0.477 bits per heavy atom. The van der Waals surface area contributed by atoms with E-state index in [1.807, 2.05) is 0 Å². The van der Waals surface area contributed by atoms with Gasteiger partial charge in [-0.3, -0.25) is 9.59 Å². The van der Waals surface area contributed by atoms with Crippen molar-refractivity contribution in [3.05, 3.63) is 0 Å². The molecular weight excluding hydrogens is 554 g/mol. The first-order chi connectivity index (χ1) is 21.0. The molecular formula is C37H71NO6. The molecule has 0 saturated heterocycles. The molecule has 0 aromatic carbocycles. The number of carbonyl (C=O) groups excluding carboxylic acids is 1. The first-order valence-electron chi connectivity index (χ1n) is 18.6. The molecule has 0 amide bonds. The van der Waals surface area contributed by atoms with Crippen LogP contribution in [0, 0.1) is 17.8 Å². The molecule has 0 heterocycles. The number of hydrogen-bond acceptors (Lipinski definition) is 4. The topological polar surface area (TPSA) is 115 Å². The summed E-state index contributed by atoms with van der Waals surface area (Å²) < 4.78 is 0.589. The first-order valence-corrected chi connectivity index (χ1v) is 18.6. The molecule has 260 valence electrons. The fourth-order valence-corrected chi connectivity index (χ4v) is 6.14. The van der Waals surface area contributed by atoms with Crippen molar-refractivity contribution in [2.45, 2.75) is 175 Å². The Balaban J connectivity index is 4.34. The van der Waals surface area contributed by atoms with Gasteiger partial charge >= 0.3 is 11.9 Å². The van der Waals surface area contributed by atoms with Crippen LogP contribution in [-0.2, 0) is 14.4 Å². The number of carbonyl (C=O) groups is 3. The predicted molar refractivity (Wildman–Crippen MR) is 179 cm³/mol. The van der Waals surface area contributed by atoms with E-state index in [1.165, 1.54) is 116 Å². The molecule has 0 rings (SSSR count). The average molecular weight is 626 g/mol. The maximum Gasteiger partial charge on any atom is 0.306 e. The quantitative estimate of drug-likeness (QED) is 0.0557. The van der Waals surface area contributed by atoms with Crippen molar-refractivity contribution in [2.24, 2.45) is 17.8 Å². The van der Waals surface area contributed by atoms with E-state index in [0.717, 1.165) is 19.4 Å². The van der Waals surface area contributed by atoms with Crippen molar-refractivity contribution in [1.29, 1.82) is 0 Å². The Morgan fingerprint density at radius 3 is 1.02 bits per heavy atom. The van der Waals surface area contributed by atoms with Crippen LogP contribution in [-0.4, -0.2) is 58.8 Å². The number of hydrogen-bond donors (Lipinski definition) is 2.